The molecule has 2 fully saturated rings. The molecule has 1 aromatic carbocycles. The van der Waals surface area contributed by atoms with E-state index in [1.807, 2.05) is 4.90 Å². The number of hydrogen-bond acceptors (Lipinski definition) is 5. The van der Waals surface area contributed by atoms with E-state index in [2.05, 4.69) is 9.97 Å². The van der Waals surface area contributed by atoms with E-state index in [-0.39, 0.29) is 23.3 Å². The Morgan fingerprint density at radius 1 is 1.09 bits per heavy atom. The van der Waals surface area contributed by atoms with Crippen LogP contribution in [0.5, 0.6) is 11.6 Å². The third-order valence-electron chi connectivity index (χ3n) is 6.61. The highest BCUT2D eigenvalue weighted by Crippen LogP contribution is 2.49. The maximum absolute atomic E-state index is 12.9. The summed E-state index contributed by atoms with van der Waals surface area (Å²) >= 11 is 0. The Kier molecular flexibility index (Phi) is 5.23. The quantitative estimate of drug-likeness (QED) is 0.611. The van der Waals surface area contributed by atoms with Gasteiger partial charge in [-0.3, -0.25) is 4.79 Å². The minimum atomic E-state index is -4.45. The summed E-state index contributed by atoms with van der Waals surface area (Å²) in [6, 6.07) is 10.6. The van der Waals surface area contributed by atoms with Crippen molar-refractivity contribution < 1.29 is 27.8 Å². The molecular weight excluding hydrogens is 435 g/mol. The van der Waals surface area contributed by atoms with Crippen molar-refractivity contribution in [3.63, 3.8) is 0 Å². The van der Waals surface area contributed by atoms with Crippen molar-refractivity contribution in [2.75, 3.05) is 13.1 Å². The number of aliphatic hydroxyl groups excluding tert-OH is 1. The number of nitrogens with zero attached hydrogens (tertiary/aromatic N) is 3. The lowest BCUT2D eigenvalue weighted by Crippen LogP contribution is -2.50. The van der Waals surface area contributed by atoms with Crippen LogP contribution in [0.15, 0.2) is 48.7 Å². The van der Waals surface area contributed by atoms with Crippen LogP contribution in [0.1, 0.15) is 41.7 Å². The summed E-state index contributed by atoms with van der Waals surface area (Å²) in [7, 11) is 0. The maximum Gasteiger partial charge on any atom is 0.417 e. The summed E-state index contributed by atoms with van der Waals surface area (Å²) in [5, 5.41) is 10.4. The van der Waals surface area contributed by atoms with Crippen molar-refractivity contribution in [3.8, 4) is 11.6 Å². The maximum atomic E-state index is 12.9. The molecule has 1 saturated carbocycles. The fraction of sp³-hybridized carbons (Fsp3) is 0.375. The molecule has 3 heterocycles. The van der Waals surface area contributed by atoms with Crippen molar-refractivity contribution in [1.82, 2.24) is 14.9 Å². The molecule has 6 nitrogen and oxygen atoms in total. The van der Waals surface area contributed by atoms with E-state index in [0.29, 0.717) is 30.0 Å². The number of halogens is 3. The second kappa shape index (κ2) is 7.98. The molecule has 9 heteroatoms. The highest BCUT2D eigenvalue weighted by atomic mass is 19.4. The zero-order valence-corrected chi connectivity index (χ0v) is 17.7. The summed E-state index contributed by atoms with van der Waals surface area (Å²) in [6.45, 7) is 1.33. The van der Waals surface area contributed by atoms with Gasteiger partial charge >= 0.3 is 6.18 Å². The van der Waals surface area contributed by atoms with Gasteiger partial charge in [0, 0.05) is 30.7 Å². The van der Waals surface area contributed by atoms with E-state index in [1.165, 1.54) is 6.07 Å². The number of rotatable bonds is 3. The van der Waals surface area contributed by atoms with Gasteiger partial charge in [0.1, 0.15) is 11.4 Å². The van der Waals surface area contributed by atoms with Crippen LogP contribution in [0.3, 0.4) is 0 Å². The zero-order chi connectivity index (χ0) is 23.2. The van der Waals surface area contributed by atoms with Crippen LogP contribution in [-0.4, -0.2) is 45.1 Å². The number of ether oxygens (including phenoxy) is 1. The minimum Gasteiger partial charge on any atom is -0.439 e. The van der Waals surface area contributed by atoms with Crippen molar-refractivity contribution in [2.45, 2.75) is 38.0 Å². The number of benzene rings is 1. The third-order valence-corrected chi connectivity index (χ3v) is 6.61. The molecule has 1 amide bonds. The van der Waals surface area contributed by atoms with E-state index in [1.54, 1.807) is 30.3 Å². The molecule has 172 valence electrons. The molecule has 2 aliphatic rings. The molecule has 3 aromatic rings. The fourth-order valence-electron chi connectivity index (χ4n) is 4.71. The van der Waals surface area contributed by atoms with Crippen molar-refractivity contribution in [3.05, 3.63) is 59.9 Å². The molecule has 1 aliphatic heterocycles. The molecule has 5 rings (SSSR count). The summed E-state index contributed by atoms with van der Waals surface area (Å²) < 4.78 is 43.6. The highest BCUT2D eigenvalue weighted by Gasteiger charge is 2.45. The number of pyridine rings is 2. The van der Waals surface area contributed by atoms with Crippen LogP contribution < -0.4 is 4.74 Å². The van der Waals surface area contributed by atoms with Crippen molar-refractivity contribution in [1.29, 1.82) is 0 Å². The second-order valence-electron chi connectivity index (χ2n) is 8.89. The van der Waals surface area contributed by atoms with E-state index < -0.39 is 11.7 Å². The van der Waals surface area contributed by atoms with Gasteiger partial charge in [0.25, 0.3) is 5.91 Å². The molecule has 0 radical (unpaired) electrons. The van der Waals surface area contributed by atoms with Crippen LogP contribution >= 0.6 is 0 Å². The normalized spacial score (nSPS) is 18.4. The number of hydrogen-bond donors (Lipinski definition) is 1. The van der Waals surface area contributed by atoms with Crippen LogP contribution in [-0.2, 0) is 6.18 Å². The minimum absolute atomic E-state index is 0.0453. The SMILES string of the molecule is O=C(c1ccc2cc(Oc3ccc(C(F)(F)F)cn3)ccc2n1)N1CCC2(CC1)CC(O)C2. The number of piperidine rings is 1. The first-order valence-electron chi connectivity index (χ1n) is 10.8. The summed E-state index contributed by atoms with van der Waals surface area (Å²) in [5.74, 6) is 0.338. The first kappa shape index (κ1) is 21.6. The zero-order valence-electron chi connectivity index (χ0n) is 17.7. The predicted molar refractivity (Wildman–Crippen MR) is 114 cm³/mol. The Labute approximate surface area is 188 Å². The van der Waals surface area contributed by atoms with E-state index >= 15 is 0 Å². The lowest BCUT2D eigenvalue weighted by Gasteiger charge is -2.50. The summed E-state index contributed by atoms with van der Waals surface area (Å²) in [5.41, 5.74) is 0.337. The fourth-order valence-corrected chi connectivity index (χ4v) is 4.71. The average Bonchev–Trinajstić information content (AvgIpc) is 2.78. The van der Waals surface area contributed by atoms with E-state index in [0.717, 1.165) is 43.3 Å². The molecule has 0 bridgehead atoms. The topological polar surface area (TPSA) is 75.5 Å². The molecule has 0 atom stereocenters. The van der Waals surface area contributed by atoms with E-state index in [4.69, 9.17) is 4.74 Å². The Morgan fingerprint density at radius 3 is 2.48 bits per heavy atom. The Hall–Kier alpha value is -3.20. The monoisotopic (exact) mass is 457 g/mol. The van der Waals surface area contributed by atoms with Gasteiger partial charge in [0.05, 0.1) is 17.2 Å². The standard InChI is InChI=1S/C24H22F3N3O3/c25-24(26,27)16-2-6-21(28-14-16)33-18-3-5-19-15(11-18)1-4-20(29-19)22(32)30-9-7-23(8-10-30)12-17(31)13-23/h1-6,11,14,17,31H,7-10,12-13H2. The first-order valence-corrected chi connectivity index (χ1v) is 10.8. The molecule has 1 N–H and O–H groups in total. The summed E-state index contributed by atoms with van der Waals surface area (Å²) in [4.78, 5) is 23.0. The van der Waals surface area contributed by atoms with Gasteiger partial charge in [0.15, 0.2) is 0 Å². The largest absolute Gasteiger partial charge is 0.439 e. The number of aliphatic hydroxyl groups is 1. The van der Waals surface area contributed by atoms with Crippen molar-refractivity contribution in [2.24, 2.45) is 5.41 Å². The number of carbonyl (C=O) groups is 1. The molecule has 1 aliphatic carbocycles. The molecule has 1 spiro atoms. The Balaban J connectivity index is 1.27. The van der Waals surface area contributed by atoms with Crippen LogP contribution in [0.4, 0.5) is 13.2 Å². The Bertz CT molecular complexity index is 1180. The number of amides is 1. The number of likely N-dealkylation sites (tertiary alicyclic amines) is 1. The number of carbonyl (C=O) groups excluding carboxylic acids is 1. The lowest BCUT2D eigenvalue weighted by atomic mass is 9.61. The molecule has 2 aromatic heterocycles. The number of aromatic nitrogens is 2. The van der Waals surface area contributed by atoms with Gasteiger partial charge in [0.2, 0.25) is 5.88 Å². The van der Waals surface area contributed by atoms with Gasteiger partial charge in [-0.1, -0.05) is 6.07 Å². The van der Waals surface area contributed by atoms with Gasteiger partial charge in [-0.25, -0.2) is 9.97 Å². The van der Waals surface area contributed by atoms with Gasteiger partial charge in [-0.2, -0.15) is 13.2 Å². The Morgan fingerprint density at radius 2 is 1.85 bits per heavy atom. The predicted octanol–water partition coefficient (Wildman–Crippen LogP) is 4.82. The van der Waals surface area contributed by atoms with Crippen molar-refractivity contribution >= 4 is 16.8 Å². The molecule has 0 unspecified atom stereocenters. The highest BCUT2D eigenvalue weighted by molar-refractivity contribution is 5.95. The number of alkyl halides is 3. The smallest absolute Gasteiger partial charge is 0.417 e. The second-order valence-corrected chi connectivity index (χ2v) is 8.89. The van der Waals surface area contributed by atoms with Gasteiger partial charge < -0.3 is 14.7 Å². The summed E-state index contributed by atoms with van der Waals surface area (Å²) in [6.07, 6.45) is -0.455. The average molecular weight is 457 g/mol. The van der Waals surface area contributed by atoms with E-state index in [9.17, 15) is 23.1 Å². The molecular formula is C24H22F3N3O3. The van der Waals surface area contributed by atoms with Gasteiger partial charge in [-0.15, -0.1) is 0 Å². The molecule has 1 saturated heterocycles. The molecule has 33 heavy (non-hydrogen) atoms. The lowest BCUT2D eigenvalue weighted by molar-refractivity contribution is -0.137. The van der Waals surface area contributed by atoms with Crippen LogP contribution in [0.2, 0.25) is 0 Å². The third kappa shape index (κ3) is 4.37. The first-order chi connectivity index (χ1) is 15.7. The number of fused-ring (bicyclic) bond motifs is 1. The van der Waals surface area contributed by atoms with Gasteiger partial charge in [-0.05, 0) is 61.4 Å². The van der Waals surface area contributed by atoms with Crippen LogP contribution in [0.25, 0.3) is 10.9 Å². The van der Waals surface area contributed by atoms with Crippen LogP contribution in [0, 0.1) is 5.41 Å².